The van der Waals surface area contributed by atoms with Crippen LogP contribution in [0.25, 0.3) is 16.7 Å². The van der Waals surface area contributed by atoms with E-state index in [2.05, 4.69) is 109 Å². The van der Waals surface area contributed by atoms with E-state index in [4.69, 9.17) is 33.6 Å². The first-order valence-corrected chi connectivity index (χ1v) is 24.8. The van der Waals surface area contributed by atoms with Gasteiger partial charge >= 0.3 is 0 Å². The molecule has 0 radical (unpaired) electrons. The topological polar surface area (TPSA) is 104 Å². The first-order chi connectivity index (χ1) is 24.2. The summed E-state index contributed by atoms with van der Waals surface area (Å²) in [5.74, 6) is 2.95. The van der Waals surface area contributed by atoms with Crippen molar-refractivity contribution in [3.8, 4) is 11.4 Å². The van der Waals surface area contributed by atoms with Gasteiger partial charge in [-0.05, 0) is 99.9 Å². The molecule has 1 aliphatic heterocycles. The molecule has 0 spiro atoms. The largest absolute Gasteiger partial charge is 0.496 e. The van der Waals surface area contributed by atoms with Gasteiger partial charge < -0.3 is 28.4 Å². The van der Waals surface area contributed by atoms with Gasteiger partial charge in [-0.15, -0.1) is 0 Å². The Labute approximate surface area is 313 Å². The van der Waals surface area contributed by atoms with Gasteiger partial charge in [-0.3, -0.25) is 0 Å². The van der Waals surface area contributed by atoms with Gasteiger partial charge in [0, 0.05) is 18.7 Å². The van der Waals surface area contributed by atoms with E-state index < -0.39 is 16.6 Å². The van der Waals surface area contributed by atoms with Crippen molar-refractivity contribution in [2.24, 2.45) is 0 Å². The van der Waals surface area contributed by atoms with Crippen LogP contribution in [0.3, 0.4) is 0 Å². The Hall–Kier alpha value is -3.27. The number of methoxy groups -OCH3 is 1. The molecule has 1 N–H and O–H groups in total. The lowest BCUT2D eigenvalue weighted by Crippen LogP contribution is -2.48. The van der Waals surface area contributed by atoms with E-state index in [1.807, 2.05) is 23.2 Å². The number of aromatic nitrogens is 6. The fourth-order valence-corrected chi connectivity index (χ4v) is 9.17. The summed E-state index contributed by atoms with van der Waals surface area (Å²) in [4.78, 5) is 17.6. The van der Waals surface area contributed by atoms with Crippen LogP contribution in [0.5, 0.6) is 5.75 Å². The molecule has 3 aromatic heterocycles. The molecular formula is C39H62N8O3Si2. The molecule has 4 aromatic rings. The number of nitrogens with one attached hydrogen (secondary N) is 1. The number of hydrogen-bond donors (Lipinski definition) is 1. The normalized spacial score (nSPS) is 20.1. The summed E-state index contributed by atoms with van der Waals surface area (Å²) >= 11 is 0. The standard InChI is InChI=1S/C39H62N8O3Si2/c1-25-18-29(21-32(48-10)26(25)2)45-22-33(40-24-45)41-37-42-35(46-17-15-16-28(46)23-49-51(11,12)38(4,5)6)34-27(3)44-47(36(34)43-37)30-19-31(20-30)50-52(13,14)39(7,8)9/h18,21-22,24,28,30-31H,15-17,19-20,23H2,1-14H3,(H,41,42,43)/t28-,30?,31?/m0/s1. The number of ether oxygens (including phenoxy) is 1. The fraction of sp³-hybridized carbons (Fsp3) is 0.641. The Morgan fingerprint density at radius 3 is 2.29 bits per heavy atom. The van der Waals surface area contributed by atoms with Crippen molar-refractivity contribution in [1.29, 1.82) is 0 Å². The average Bonchev–Trinajstić information content (AvgIpc) is 3.77. The zero-order chi connectivity index (χ0) is 38.0. The lowest BCUT2D eigenvalue weighted by molar-refractivity contribution is 0.0543. The minimum absolute atomic E-state index is 0.147. The van der Waals surface area contributed by atoms with E-state index in [0.717, 1.165) is 77.3 Å². The predicted octanol–water partition coefficient (Wildman–Crippen LogP) is 9.41. The van der Waals surface area contributed by atoms with E-state index >= 15 is 0 Å². The smallest absolute Gasteiger partial charge is 0.232 e. The second kappa shape index (κ2) is 13.9. The number of aryl methyl sites for hydroxylation is 2. The number of benzene rings is 1. The minimum Gasteiger partial charge on any atom is -0.496 e. The molecule has 1 saturated heterocycles. The highest BCUT2D eigenvalue weighted by atomic mass is 28.4. The van der Waals surface area contributed by atoms with E-state index in [-0.39, 0.29) is 28.3 Å². The van der Waals surface area contributed by atoms with Crippen molar-refractivity contribution in [1.82, 2.24) is 29.3 Å². The second-order valence-electron chi connectivity index (χ2n) is 18.2. The molecule has 0 unspecified atom stereocenters. The molecular weight excluding hydrogens is 685 g/mol. The number of hydrogen-bond acceptors (Lipinski definition) is 9. The molecule has 52 heavy (non-hydrogen) atoms. The van der Waals surface area contributed by atoms with Crippen LogP contribution in [-0.2, 0) is 8.85 Å². The predicted molar refractivity (Wildman–Crippen MR) is 217 cm³/mol. The zero-order valence-corrected chi connectivity index (χ0v) is 36.1. The molecule has 1 aromatic carbocycles. The van der Waals surface area contributed by atoms with Gasteiger partial charge in [0.2, 0.25) is 5.95 Å². The maximum atomic E-state index is 6.81. The Balaban J connectivity index is 1.34. The summed E-state index contributed by atoms with van der Waals surface area (Å²) in [5, 5.41) is 9.96. The maximum absolute atomic E-state index is 6.81. The van der Waals surface area contributed by atoms with Crippen LogP contribution in [0.2, 0.25) is 36.3 Å². The average molecular weight is 747 g/mol. The number of anilines is 3. The summed E-state index contributed by atoms with van der Waals surface area (Å²) in [5.41, 5.74) is 5.08. The van der Waals surface area contributed by atoms with E-state index in [9.17, 15) is 0 Å². The minimum atomic E-state index is -1.93. The highest BCUT2D eigenvalue weighted by Gasteiger charge is 2.44. The number of rotatable bonds is 11. The van der Waals surface area contributed by atoms with Crippen LogP contribution in [-0.4, -0.2) is 78.3 Å². The van der Waals surface area contributed by atoms with Gasteiger partial charge in [0.1, 0.15) is 17.9 Å². The fourth-order valence-electron chi connectivity index (χ4n) is 6.75. The van der Waals surface area contributed by atoms with Crippen molar-refractivity contribution in [2.75, 3.05) is 30.5 Å². The van der Waals surface area contributed by atoms with Crippen LogP contribution in [0.1, 0.15) is 90.1 Å². The first-order valence-electron chi connectivity index (χ1n) is 19.0. The van der Waals surface area contributed by atoms with Crippen molar-refractivity contribution < 1.29 is 13.6 Å². The Bertz CT molecular complexity index is 1920. The monoisotopic (exact) mass is 746 g/mol. The Morgan fingerprint density at radius 2 is 1.63 bits per heavy atom. The molecule has 13 heteroatoms. The molecule has 284 valence electrons. The molecule has 11 nitrogen and oxygen atoms in total. The van der Waals surface area contributed by atoms with Gasteiger partial charge in [0.25, 0.3) is 0 Å². The lowest BCUT2D eigenvalue weighted by Gasteiger charge is -2.44. The van der Waals surface area contributed by atoms with Crippen molar-refractivity contribution in [3.63, 3.8) is 0 Å². The first kappa shape index (κ1) is 38.5. The van der Waals surface area contributed by atoms with Gasteiger partial charge in [-0.1, -0.05) is 41.5 Å². The molecule has 6 rings (SSSR count). The van der Waals surface area contributed by atoms with Crippen LogP contribution < -0.4 is 15.0 Å². The molecule has 0 bridgehead atoms. The third-order valence-electron chi connectivity index (χ3n) is 12.4. The number of nitrogens with zero attached hydrogens (tertiary/aromatic N) is 7. The highest BCUT2D eigenvalue weighted by Crippen LogP contribution is 2.45. The summed E-state index contributed by atoms with van der Waals surface area (Å²) in [6.45, 7) is 31.0. The van der Waals surface area contributed by atoms with Crippen LogP contribution in [0, 0.1) is 20.8 Å². The van der Waals surface area contributed by atoms with E-state index in [1.165, 1.54) is 0 Å². The third-order valence-corrected chi connectivity index (χ3v) is 21.5. The Morgan fingerprint density at radius 1 is 0.942 bits per heavy atom. The summed E-state index contributed by atoms with van der Waals surface area (Å²) in [7, 11) is -2.09. The third kappa shape index (κ3) is 7.43. The lowest BCUT2D eigenvalue weighted by atomic mass is 9.90. The SMILES string of the molecule is COc1cc(-n2cnc(Nc3nc(N4CCC[C@H]4CO[Si](C)(C)C(C)(C)C)c4c(C)nn(C5CC(O[Si](C)(C)C(C)(C)C)C5)c4n3)c2)cc(C)c1C. The maximum Gasteiger partial charge on any atom is 0.232 e. The van der Waals surface area contributed by atoms with E-state index in [1.54, 1.807) is 7.11 Å². The molecule has 0 amide bonds. The zero-order valence-electron chi connectivity index (χ0n) is 34.1. The summed E-state index contributed by atoms with van der Waals surface area (Å²) in [6.07, 6.45) is 8.04. The van der Waals surface area contributed by atoms with Gasteiger partial charge in [-0.25, -0.2) is 9.67 Å². The summed E-state index contributed by atoms with van der Waals surface area (Å²) < 4.78 is 23.4. The number of fused-ring (bicyclic) bond motifs is 1. The van der Waals surface area contributed by atoms with Crippen LogP contribution in [0.4, 0.5) is 17.6 Å². The van der Waals surface area contributed by atoms with E-state index in [0.29, 0.717) is 18.4 Å². The van der Waals surface area contributed by atoms with Crippen LogP contribution >= 0.6 is 0 Å². The van der Waals surface area contributed by atoms with Gasteiger partial charge in [0.05, 0.1) is 48.8 Å². The molecule has 4 heterocycles. The summed E-state index contributed by atoms with van der Waals surface area (Å²) in [6, 6.07) is 4.63. The van der Waals surface area contributed by atoms with Crippen LogP contribution in [0.15, 0.2) is 24.7 Å². The van der Waals surface area contributed by atoms with Gasteiger partial charge in [0.15, 0.2) is 28.1 Å². The molecule has 2 fully saturated rings. The second-order valence-corrected chi connectivity index (χ2v) is 27.7. The van der Waals surface area contributed by atoms with Crippen molar-refractivity contribution in [2.45, 2.75) is 142 Å². The highest BCUT2D eigenvalue weighted by molar-refractivity contribution is 6.74. The molecule has 1 atom stereocenters. The number of imidazole rings is 1. The molecule has 2 aliphatic rings. The van der Waals surface area contributed by atoms with Crippen molar-refractivity contribution in [3.05, 3.63) is 41.5 Å². The quantitative estimate of drug-likeness (QED) is 0.150. The molecule has 1 aliphatic carbocycles. The van der Waals surface area contributed by atoms with Crippen molar-refractivity contribution >= 4 is 45.3 Å². The molecule has 1 saturated carbocycles. The van der Waals surface area contributed by atoms with Gasteiger partial charge in [-0.2, -0.15) is 15.1 Å². The Kier molecular flexibility index (Phi) is 10.2.